The maximum atomic E-state index is 11.9. The number of amides is 1. The molecule has 1 amide bonds. The van der Waals surface area contributed by atoms with Gasteiger partial charge >= 0.3 is 0 Å². The second-order valence-electron chi connectivity index (χ2n) is 4.51. The van der Waals surface area contributed by atoms with Crippen LogP contribution in [0, 0.1) is 0 Å². The van der Waals surface area contributed by atoms with Gasteiger partial charge in [-0.05, 0) is 12.8 Å². The molecule has 0 aromatic carbocycles. The molecule has 4 N–H and O–H groups in total. The molecule has 0 unspecified atom stereocenters. The number of hydrogen-bond donors (Lipinski definition) is 3. The SMILES string of the molecule is COCCOCCNC(=O)c1sc(NC2CC2)nc1N. The van der Waals surface area contributed by atoms with E-state index in [0.717, 1.165) is 12.8 Å². The number of anilines is 2. The van der Waals surface area contributed by atoms with Crippen molar-refractivity contribution in [2.45, 2.75) is 18.9 Å². The van der Waals surface area contributed by atoms with Crippen LogP contribution in [0.15, 0.2) is 0 Å². The summed E-state index contributed by atoms with van der Waals surface area (Å²) in [5.41, 5.74) is 5.76. The highest BCUT2D eigenvalue weighted by Gasteiger charge is 2.24. The van der Waals surface area contributed by atoms with Crippen LogP contribution in [0.2, 0.25) is 0 Å². The Kier molecular flexibility index (Phi) is 5.57. The molecule has 0 aliphatic heterocycles. The number of hydrogen-bond acceptors (Lipinski definition) is 7. The van der Waals surface area contributed by atoms with Gasteiger partial charge in [-0.3, -0.25) is 4.79 Å². The summed E-state index contributed by atoms with van der Waals surface area (Å²) < 4.78 is 10.1. The van der Waals surface area contributed by atoms with E-state index in [1.807, 2.05) is 0 Å². The number of nitrogens with zero attached hydrogens (tertiary/aromatic N) is 1. The van der Waals surface area contributed by atoms with Crippen molar-refractivity contribution < 1.29 is 14.3 Å². The standard InChI is InChI=1S/C12H20N4O3S/c1-18-6-7-19-5-4-14-11(17)9-10(13)16-12(20-9)15-8-2-3-8/h8H,2-7,13H2,1H3,(H,14,17)(H,15,16). The summed E-state index contributed by atoms with van der Waals surface area (Å²) in [7, 11) is 1.62. The Morgan fingerprint density at radius 2 is 2.25 bits per heavy atom. The predicted octanol–water partition coefficient (Wildman–Crippen LogP) is 0.692. The molecule has 1 fully saturated rings. The van der Waals surface area contributed by atoms with Gasteiger partial charge < -0.3 is 25.8 Å². The smallest absolute Gasteiger partial charge is 0.265 e. The van der Waals surface area contributed by atoms with E-state index in [4.69, 9.17) is 15.2 Å². The average molecular weight is 300 g/mol. The van der Waals surface area contributed by atoms with E-state index in [-0.39, 0.29) is 11.7 Å². The average Bonchev–Trinajstić information content (AvgIpc) is 3.15. The number of nitrogens with one attached hydrogen (secondary N) is 2. The van der Waals surface area contributed by atoms with Gasteiger partial charge in [0.2, 0.25) is 0 Å². The van der Waals surface area contributed by atoms with Crippen LogP contribution in [0.3, 0.4) is 0 Å². The highest BCUT2D eigenvalue weighted by atomic mass is 32.1. The van der Waals surface area contributed by atoms with Crippen molar-refractivity contribution in [2.24, 2.45) is 0 Å². The Hall–Kier alpha value is -1.38. The molecule has 20 heavy (non-hydrogen) atoms. The first-order chi connectivity index (χ1) is 9.70. The lowest BCUT2D eigenvalue weighted by molar-refractivity contribution is 0.0693. The van der Waals surface area contributed by atoms with Gasteiger partial charge in [0.15, 0.2) is 5.13 Å². The fraction of sp³-hybridized carbons (Fsp3) is 0.667. The van der Waals surface area contributed by atoms with Crippen LogP contribution < -0.4 is 16.4 Å². The van der Waals surface area contributed by atoms with Crippen LogP contribution in [-0.2, 0) is 9.47 Å². The van der Waals surface area contributed by atoms with Crippen LogP contribution in [0.25, 0.3) is 0 Å². The number of rotatable bonds is 9. The van der Waals surface area contributed by atoms with Gasteiger partial charge in [0, 0.05) is 19.7 Å². The lowest BCUT2D eigenvalue weighted by atomic mass is 10.4. The van der Waals surface area contributed by atoms with Crippen molar-refractivity contribution in [1.29, 1.82) is 0 Å². The van der Waals surface area contributed by atoms with E-state index in [0.29, 0.717) is 42.4 Å². The molecule has 1 saturated carbocycles. The minimum atomic E-state index is -0.209. The van der Waals surface area contributed by atoms with E-state index >= 15 is 0 Å². The Labute approximate surface area is 121 Å². The molecule has 1 heterocycles. The van der Waals surface area contributed by atoms with Crippen molar-refractivity contribution >= 4 is 28.2 Å². The molecule has 1 aromatic heterocycles. The molecule has 8 heteroatoms. The fourth-order valence-corrected chi connectivity index (χ4v) is 2.40. The quantitative estimate of drug-likeness (QED) is 0.580. The Morgan fingerprint density at radius 1 is 1.45 bits per heavy atom. The highest BCUT2D eigenvalue weighted by molar-refractivity contribution is 7.18. The van der Waals surface area contributed by atoms with Gasteiger partial charge in [-0.25, -0.2) is 4.98 Å². The molecule has 0 atom stereocenters. The summed E-state index contributed by atoms with van der Waals surface area (Å²) in [6.45, 7) is 1.95. The summed E-state index contributed by atoms with van der Waals surface area (Å²) in [6.07, 6.45) is 2.31. The topological polar surface area (TPSA) is 98.5 Å². The summed E-state index contributed by atoms with van der Waals surface area (Å²) in [5, 5.41) is 6.70. The van der Waals surface area contributed by atoms with E-state index in [9.17, 15) is 4.79 Å². The van der Waals surface area contributed by atoms with Crippen molar-refractivity contribution in [1.82, 2.24) is 10.3 Å². The van der Waals surface area contributed by atoms with E-state index in [2.05, 4.69) is 15.6 Å². The molecule has 1 aliphatic rings. The molecular formula is C12H20N4O3S. The number of nitrogens with two attached hydrogens (primary N) is 1. The largest absolute Gasteiger partial charge is 0.382 e. The second-order valence-corrected chi connectivity index (χ2v) is 5.51. The van der Waals surface area contributed by atoms with Gasteiger partial charge in [0.25, 0.3) is 5.91 Å². The van der Waals surface area contributed by atoms with E-state index in [1.54, 1.807) is 7.11 Å². The van der Waals surface area contributed by atoms with Gasteiger partial charge in [0.1, 0.15) is 10.7 Å². The summed E-state index contributed by atoms with van der Waals surface area (Å²) in [6, 6.07) is 0.491. The first kappa shape index (κ1) is 15.0. The van der Waals surface area contributed by atoms with Gasteiger partial charge in [-0.15, -0.1) is 0 Å². The molecule has 0 radical (unpaired) electrons. The van der Waals surface area contributed by atoms with Crippen molar-refractivity contribution in [2.75, 3.05) is 44.5 Å². The normalized spacial score (nSPS) is 14.2. The highest BCUT2D eigenvalue weighted by Crippen LogP contribution is 2.30. The molecule has 0 spiro atoms. The number of aromatic nitrogens is 1. The number of carbonyl (C=O) groups excluding carboxylic acids is 1. The third kappa shape index (κ3) is 4.62. The third-order valence-electron chi connectivity index (χ3n) is 2.73. The van der Waals surface area contributed by atoms with Crippen LogP contribution in [-0.4, -0.2) is 50.4 Å². The lowest BCUT2D eigenvalue weighted by Gasteiger charge is -2.05. The fourth-order valence-electron chi connectivity index (χ4n) is 1.52. The van der Waals surface area contributed by atoms with Crippen molar-refractivity contribution in [3.63, 3.8) is 0 Å². The number of methoxy groups -OCH3 is 1. The Morgan fingerprint density at radius 3 is 2.95 bits per heavy atom. The zero-order valence-electron chi connectivity index (χ0n) is 11.5. The van der Waals surface area contributed by atoms with Gasteiger partial charge in [-0.1, -0.05) is 11.3 Å². The second kappa shape index (κ2) is 7.41. The number of nitrogen functional groups attached to an aromatic ring is 1. The molecule has 0 saturated heterocycles. The Balaban J connectivity index is 1.72. The molecule has 112 valence electrons. The van der Waals surface area contributed by atoms with E-state index in [1.165, 1.54) is 11.3 Å². The molecule has 1 aliphatic carbocycles. The molecular weight excluding hydrogens is 280 g/mol. The molecule has 1 aromatic rings. The Bertz CT molecular complexity index is 448. The molecule has 0 bridgehead atoms. The van der Waals surface area contributed by atoms with E-state index < -0.39 is 0 Å². The number of thiazole rings is 1. The minimum absolute atomic E-state index is 0.209. The van der Waals surface area contributed by atoms with Crippen LogP contribution >= 0.6 is 11.3 Å². The first-order valence-corrected chi connectivity index (χ1v) is 7.40. The predicted molar refractivity (Wildman–Crippen MR) is 78.2 cm³/mol. The van der Waals surface area contributed by atoms with Gasteiger partial charge in [0.05, 0.1) is 19.8 Å². The first-order valence-electron chi connectivity index (χ1n) is 6.58. The number of ether oxygens (including phenoxy) is 2. The van der Waals surface area contributed by atoms with Crippen molar-refractivity contribution in [3.8, 4) is 0 Å². The lowest BCUT2D eigenvalue weighted by Crippen LogP contribution is -2.27. The van der Waals surface area contributed by atoms with Gasteiger partial charge in [-0.2, -0.15) is 0 Å². The zero-order valence-corrected chi connectivity index (χ0v) is 12.3. The molecule has 2 rings (SSSR count). The monoisotopic (exact) mass is 300 g/mol. The molecule has 7 nitrogen and oxygen atoms in total. The maximum absolute atomic E-state index is 11.9. The third-order valence-corrected chi connectivity index (χ3v) is 3.73. The maximum Gasteiger partial charge on any atom is 0.265 e. The van der Waals surface area contributed by atoms with Crippen molar-refractivity contribution in [3.05, 3.63) is 4.88 Å². The van der Waals surface area contributed by atoms with Crippen LogP contribution in [0.4, 0.5) is 10.9 Å². The summed E-state index contributed by atoms with van der Waals surface area (Å²) in [4.78, 5) is 16.5. The van der Waals surface area contributed by atoms with Crippen LogP contribution in [0.5, 0.6) is 0 Å². The summed E-state index contributed by atoms with van der Waals surface area (Å²) in [5.74, 6) is 0.0649. The van der Waals surface area contributed by atoms with Crippen LogP contribution in [0.1, 0.15) is 22.5 Å². The minimum Gasteiger partial charge on any atom is -0.382 e. The summed E-state index contributed by atoms with van der Waals surface area (Å²) >= 11 is 1.29. The number of carbonyl (C=O) groups is 1. The zero-order chi connectivity index (χ0) is 14.4.